The smallest absolute Gasteiger partial charge is 0.142 e. The third-order valence-electron chi connectivity index (χ3n) is 3.32. The van der Waals surface area contributed by atoms with Crippen molar-refractivity contribution in [2.24, 2.45) is 0 Å². The first-order valence-corrected chi connectivity index (χ1v) is 7.12. The second-order valence-electron chi connectivity index (χ2n) is 4.66. The van der Waals surface area contributed by atoms with E-state index < -0.39 is 11.9 Å². The van der Waals surface area contributed by atoms with Crippen molar-refractivity contribution in [1.82, 2.24) is 9.78 Å². The molecule has 1 unspecified atom stereocenters. The summed E-state index contributed by atoms with van der Waals surface area (Å²) < 4.78 is 15.3. The van der Waals surface area contributed by atoms with Crippen LogP contribution in [0.3, 0.4) is 0 Å². The molecular formula is C15H18ClFN2O. The second kappa shape index (κ2) is 6.37. The van der Waals surface area contributed by atoms with Crippen molar-refractivity contribution >= 4 is 11.6 Å². The van der Waals surface area contributed by atoms with E-state index in [1.165, 1.54) is 6.07 Å². The van der Waals surface area contributed by atoms with Gasteiger partial charge in [-0.2, -0.15) is 5.10 Å². The molecule has 5 heteroatoms. The lowest BCUT2D eigenvalue weighted by Crippen LogP contribution is -2.09. The largest absolute Gasteiger partial charge is 0.388 e. The van der Waals surface area contributed by atoms with Crippen molar-refractivity contribution in [3.8, 4) is 0 Å². The van der Waals surface area contributed by atoms with Crippen molar-refractivity contribution < 1.29 is 9.50 Å². The molecule has 0 fully saturated rings. The molecular weight excluding hydrogens is 279 g/mol. The molecule has 2 aromatic rings. The Morgan fingerprint density at radius 1 is 1.40 bits per heavy atom. The van der Waals surface area contributed by atoms with Gasteiger partial charge in [0, 0.05) is 24.2 Å². The number of hydrogen-bond acceptors (Lipinski definition) is 2. The van der Waals surface area contributed by atoms with E-state index in [2.05, 4.69) is 5.10 Å². The summed E-state index contributed by atoms with van der Waals surface area (Å²) in [5.74, 6) is -0.513. The Morgan fingerprint density at radius 3 is 2.80 bits per heavy atom. The number of hydrogen-bond donors (Lipinski definition) is 1. The number of aliphatic hydroxyl groups is 1. The lowest BCUT2D eigenvalue weighted by molar-refractivity contribution is 0.175. The van der Waals surface area contributed by atoms with Gasteiger partial charge in [0.05, 0.1) is 16.8 Å². The minimum atomic E-state index is -0.843. The minimum Gasteiger partial charge on any atom is -0.388 e. The number of aryl methyl sites for hydroxylation is 2. The zero-order valence-electron chi connectivity index (χ0n) is 11.6. The molecule has 0 saturated carbocycles. The quantitative estimate of drug-likeness (QED) is 0.916. The maximum Gasteiger partial charge on any atom is 0.142 e. The van der Waals surface area contributed by atoms with Crippen molar-refractivity contribution in [2.45, 2.75) is 39.3 Å². The first-order valence-electron chi connectivity index (χ1n) is 6.74. The number of rotatable bonds is 5. The summed E-state index contributed by atoms with van der Waals surface area (Å²) >= 11 is 5.90. The highest BCUT2D eigenvalue weighted by molar-refractivity contribution is 6.31. The zero-order valence-corrected chi connectivity index (χ0v) is 12.4. The summed E-state index contributed by atoms with van der Waals surface area (Å²) in [4.78, 5) is 0. The molecule has 1 aromatic carbocycles. The summed E-state index contributed by atoms with van der Waals surface area (Å²) in [6.07, 6.45) is 0.366. The predicted octanol–water partition coefficient (Wildman–Crippen LogP) is 3.53. The molecule has 0 aliphatic carbocycles. The molecule has 108 valence electrons. The minimum absolute atomic E-state index is 0.0155. The van der Waals surface area contributed by atoms with Gasteiger partial charge in [0.15, 0.2) is 0 Å². The van der Waals surface area contributed by atoms with Crippen LogP contribution in [0.25, 0.3) is 0 Å². The van der Waals surface area contributed by atoms with Gasteiger partial charge < -0.3 is 5.11 Å². The monoisotopic (exact) mass is 296 g/mol. The fraction of sp³-hybridized carbons (Fsp3) is 0.400. The molecule has 0 aliphatic heterocycles. The molecule has 0 amide bonds. The fourth-order valence-corrected chi connectivity index (χ4v) is 2.46. The third kappa shape index (κ3) is 3.02. The Balaban J connectivity index is 2.25. The molecule has 1 aromatic heterocycles. The molecule has 20 heavy (non-hydrogen) atoms. The highest BCUT2D eigenvalue weighted by Gasteiger charge is 2.17. The van der Waals surface area contributed by atoms with Gasteiger partial charge >= 0.3 is 0 Å². The van der Waals surface area contributed by atoms with E-state index in [1.54, 1.807) is 12.1 Å². The number of nitrogens with zero attached hydrogens (tertiary/aromatic N) is 2. The second-order valence-corrected chi connectivity index (χ2v) is 5.04. The summed E-state index contributed by atoms with van der Waals surface area (Å²) in [7, 11) is 0. The zero-order chi connectivity index (χ0) is 14.7. The van der Waals surface area contributed by atoms with Gasteiger partial charge in [-0.1, -0.05) is 30.7 Å². The topological polar surface area (TPSA) is 38.0 Å². The van der Waals surface area contributed by atoms with Crippen LogP contribution in [0.15, 0.2) is 24.3 Å². The van der Waals surface area contributed by atoms with Gasteiger partial charge in [0.25, 0.3) is 0 Å². The molecule has 0 spiro atoms. The SMILES string of the molecule is CCc1cc(CC(O)c2cccc(F)c2Cl)n(CC)n1. The summed E-state index contributed by atoms with van der Waals surface area (Å²) in [6, 6.07) is 6.45. The standard InChI is InChI=1S/C15H18ClFN2O/c1-3-10-8-11(19(4-2)18-10)9-14(20)12-6-5-7-13(17)15(12)16/h5-8,14,20H,3-4,9H2,1-2H3. The third-order valence-corrected chi connectivity index (χ3v) is 3.72. The fourth-order valence-electron chi connectivity index (χ4n) is 2.21. The van der Waals surface area contributed by atoms with Crippen LogP contribution in [0.5, 0.6) is 0 Å². The Labute approximate surface area is 123 Å². The van der Waals surface area contributed by atoms with Crippen LogP contribution in [0.4, 0.5) is 4.39 Å². The molecule has 0 aliphatic rings. The molecule has 1 atom stereocenters. The lowest BCUT2D eigenvalue weighted by atomic mass is 10.0. The van der Waals surface area contributed by atoms with E-state index in [0.717, 1.165) is 24.4 Å². The van der Waals surface area contributed by atoms with Gasteiger partial charge in [-0.25, -0.2) is 4.39 Å². The summed E-state index contributed by atoms with van der Waals surface area (Å²) in [5.41, 5.74) is 2.32. The number of aromatic nitrogens is 2. The number of benzene rings is 1. The summed E-state index contributed by atoms with van der Waals surface area (Å²) in [5, 5.41) is 14.7. The van der Waals surface area contributed by atoms with Crippen LogP contribution < -0.4 is 0 Å². The van der Waals surface area contributed by atoms with E-state index in [0.29, 0.717) is 12.0 Å². The van der Waals surface area contributed by atoms with E-state index in [1.807, 2.05) is 24.6 Å². The van der Waals surface area contributed by atoms with Gasteiger partial charge in [0.1, 0.15) is 5.82 Å². The summed E-state index contributed by atoms with van der Waals surface area (Å²) in [6.45, 7) is 4.77. The van der Waals surface area contributed by atoms with E-state index in [4.69, 9.17) is 11.6 Å². The van der Waals surface area contributed by atoms with Gasteiger partial charge in [-0.3, -0.25) is 4.68 Å². The Hall–Kier alpha value is -1.39. The van der Waals surface area contributed by atoms with Crippen molar-refractivity contribution in [3.63, 3.8) is 0 Å². The number of aliphatic hydroxyl groups excluding tert-OH is 1. The van der Waals surface area contributed by atoms with Crippen LogP contribution in [0, 0.1) is 5.82 Å². The number of halogens is 2. The van der Waals surface area contributed by atoms with E-state index >= 15 is 0 Å². The normalized spacial score (nSPS) is 12.7. The first kappa shape index (κ1) is 15.0. The van der Waals surface area contributed by atoms with Gasteiger partial charge in [0.2, 0.25) is 0 Å². The molecule has 0 radical (unpaired) electrons. The van der Waals surface area contributed by atoms with Crippen LogP contribution in [-0.2, 0) is 19.4 Å². The molecule has 1 heterocycles. The highest BCUT2D eigenvalue weighted by Crippen LogP contribution is 2.28. The van der Waals surface area contributed by atoms with Crippen molar-refractivity contribution in [3.05, 3.63) is 52.1 Å². The first-order chi connectivity index (χ1) is 9.56. The van der Waals surface area contributed by atoms with Crippen LogP contribution in [0.2, 0.25) is 5.02 Å². The van der Waals surface area contributed by atoms with Crippen molar-refractivity contribution in [2.75, 3.05) is 0 Å². The lowest BCUT2D eigenvalue weighted by Gasteiger charge is -2.13. The Kier molecular flexibility index (Phi) is 4.78. The van der Waals surface area contributed by atoms with Crippen LogP contribution in [-0.4, -0.2) is 14.9 Å². The maximum absolute atomic E-state index is 13.4. The predicted molar refractivity (Wildman–Crippen MR) is 77.4 cm³/mol. The molecule has 3 nitrogen and oxygen atoms in total. The molecule has 2 rings (SSSR count). The Morgan fingerprint density at radius 2 is 2.15 bits per heavy atom. The van der Waals surface area contributed by atoms with E-state index in [9.17, 15) is 9.50 Å². The van der Waals surface area contributed by atoms with Crippen LogP contribution in [0.1, 0.15) is 36.9 Å². The highest BCUT2D eigenvalue weighted by atomic mass is 35.5. The molecule has 0 saturated heterocycles. The van der Waals surface area contributed by atoms with Crippen molar-refractivity contribution in [1.29, 1.82) is 0 Å². The van der Waals surface area contributed by atoms with Crippen LogP contribution >= 0.6 is 11.6 Å². The average molecular weight is 297 g/mol. The van der Waals surface area contributed by atoms with Gasteiger partial charge in [-0.05, 0) is 25.5 Å². The van der Waals surface area contributed by atoms with Gasteiger partial charge in [-0.15, -0.1) is 0 Å². The molecule has 0 bridgehead atoms. The van der Waals surface area contributed by atoms with E-state index in [-0.39, 0.29) is 5.02 Å². The maximum atomic E-state index is 13.4. The molecule has 1 N–H and O–H groups in total. The average Bonchev–Trinajstić information content (AvgIpc) is 2.84. The Bertz CT molecular complexity index is 598.